The predicted octanol–water partition coefficient (Wildman–Crippen LogP) is 5.04. The van der Waals surface area contributed by atoms with Crippen LogP contribution < -0.4 is 5.56 Å². The van der Waals surface area contributed by atoms with Crippen molar-refractivity contribution in [2.24, 2.45) is 14.1 Å². The molecule has 0 amide bonds. The molecule has 166 valence electrons. The molecule has 6 nitrogen and oxygen atoms in total. The molecule has 0 N–H and O–H groups in total. The van der Waals surface area contributed by atoms with Crippen molar-refractivity contribution in [3.8, 4) is 17.3 Å². The molecule has 0 unspecified atom stereocenters. The number of nitrogens with zero attached hydrogens (tertiary/aromatic N) is 5. The summed E-state index contributed by atoms with van der Waals surface area (Å²) in [5.74, 6) is -0.123. The maximum atomic E-state index is 12.7. The van der Waals surface area contributed by atoms with Gasteiger partial charge >= 0.3 is 0 Å². The van der Waals surface area contributed by atoms with Crippen LogP contribution in [0.4, 0.5) is 0 Å². The van der Waals surface area contributed by atoms with Gasteiger partial charge in [-0.3, -0.25) is 4.79 Å². The minimum Gasteiger partial charge on any atom is -0.337 e. The summed E-state index contributed by atoms with van der Waals surface area (Å²) in [7, 11) is 3.73. The topological polar surface area (TPSA) is 76.5 Å². The fourth-order valence-corrected chi connectivity index (χ4v) is 4.52. The van der Waals surface area contributed by atoms with E-state index in [0.29, 0.717) is 16.4 Å². The number of fused-ring (bicyclic) bond motifs is 1. The highest BCUT2D eigenvalue weighted by atomic mass is 35.5. The zero-order valence-corrected chi connectivity index (χ0v) is 19.4. The lowest BCUT2D eigenvalue weighted by Crippen LogP contribution is -2.17. The molecule has 0 saturated carbocycles. The second-order valence-electron chi connectivity index (χ2n) is 8.17. The van der Waals surface area contributed by atoms with Crippen molar-refractivity contribution in [3.63, 3.8) is 0 Å². The lowest BCUT2D eigenvalue weighted by atomic mass is 9.87. The summed E-state index contributed by atoms with van der Waals surface area (Å²) in [5.41, 5.74) is 5.74. The van der Waals surface area contributed by atoms with Gasteiger partial charge in [-0.1, -0.05) is 35.9 Å². The summed E-state index contributed by atoms with van der Waals surface area (Å²) in [4.78, 5) is 21.5. The first kappa shape index (κ1) is 21.6. The first-order valence-electron chi connectivity index (χ1n) is 10.7. The van der Waals surface area contributed by atoms with Gasteiger partial charge < -0.3 is 9.13 Å². The molecule has 0 bridgehead atoms. The van der Waals surface area contributed by atoms with Crippen molar-refractivity contribution in [2.75, 3.05) is 0 Å². The van der Waals surface area contributed by atoms with E-state index >= 15 is 0 Å². The fraction of sp³-hybridized carbons (Fsp3) is 0.111. The smallest absolute Gasteiger partial charge is 0.251 e. The van der Waals surface area contributed by atoms with Crippen LogP contribution in [-0.4, -0.2) is 19.1 Å². The van der Waals surface area contributed by atoms with Crippen LogP contribution in [0, 0.1) is 11.3 Å². The standard InChI is InChI=1S/C27H20ClN5O/c1-32-16-30-15-24(32)27(18-8-6-17(14-29)7-9-18)19-10-11-23-21(12-19)20(13-26(34)33(23)2)22-4-3-5-25(28)31-22/h3-13,15-16,27H,1-2H3/t27-/m0/s1. The summed E-state index contributed by atoms with van der Waals surface area (Å²) in [6, 6.07) is 22.9. The van der Waals surface area contributed by atoms with Crippen molar-refractivity contribution >= 4 is 22.5 Å². The number of aromatic nitrogens is 4. The number of aryl methyl sites for hydroxylation is 2. The molecule has 0 fully saturated rings. The molecular formula is C27H20ClN5O. The first-order chi connectivity index (χ1) is 16.5. The first-order valence-corrected chi connectivity index (χ1v) is 11.1. The zero-order chi connectivity index (χ0) is 23.8. The maximum Gasteiger partial charge on any atom is 0.251 e. The van der Waals surface area contributed by atoms with Crippen LogP contribution in [0.25, 0.3) is 22.2 Å². The van der Waals surface area contributed by atoms with Gasteiger partial charge in [-0.2, -0.15) is 5.26 Å². The number of benzene rings is 2. The van der Waals surface area contributed by atoms with E-state index in [0.717, 1.165) is 33.3 Å². The van der Waals surface area contributed by atoms with E-state index in [9.17, 15) is 10.1 Å². The molecule has 5 rings (SSSR count). The SMILES string of the molecule is Cn1cncc1[C@@H](c1ccc(C#N)cc1)c1ccc2c(c1)c(-c1cccc(Cl)n1)cc(=O)n2C. The molecule has 0 spiro atoms. The summed E-state index contributed by atoms with van der Waals surface area (Å²) >= 11 is 6.16. The Bertz CT molecular complexity index is 1630. The van der Waals surface area contributed by atoms with Crippen molar-refractivity contribution in [3.05, 3.63) is 117 Å². The van der Waals surface area contributed by atoms with Gasteiger partial charge in [-0.05, 0) is 47.5 Å². The van der Waals surface area contributed by atoms with Crippen LogP contribution in [0.1, 0.15) is 28.3 Å². The molecule has 0 aliphatic carbocycles. The van der Waals surface area contributed by atoms with Crippen molar-refractivity contribution in [2.45, 2.75) is 5.92 Å². The minimum absolute atomic E-state index is 0.118. The Morgan fingerprint density at radius 2 is 1.76 bits per heavy atom. The summed E-state index contributed by atoms with van der Waals surface area (Å²) in [6.07, 6.45) is 3.63. The van der Waals surface area contributed by atoms with Gasteiger partial charge in [-0.15, -0.1) is 0 Å². The molecule has 5 aromatic rings. The Morgan fingerprint density at radius 1 is 1.00 bits per heavy atom. The van der Waals surface area contributed by atoms with E-state index in [1.165, 1.54) is 0 Å². The Morgan fingerprint density at radius 3 is 2.44 bits per heavy atom. The minimum atomic E-state index is -0.123. The third kappa shape index (κ3) is 3.76. The molecule has 7 heteroatoms. The second kappa shape index (κ2) is 8.62. The molecule has 0 saturated heterocycles. The number of imidazole rings is 1. The number of hydrogen-bond donors (Lipinski definition) is 0. The number of hydrogen-bond acceptors (Lipinski definition) is 4. The van der Waals surface area contributed by atoms with Crippen molar-refractivity contribution < 1.29 is 0 Å². The normalized spacial score (nSPS) is 11.9. The number of halogens is 1. The Labute approximate surface area is 201 Å². The maximum absolute atomic E-state index is 12.7. The largest absolute Gasteiger partial charge is 0.337 e. The molecule has 0 radical (unpaired) electrons. The van der Waals surface area contributed by atoms with Gasteiger partial charge in [0.1, 0.15) is 5.15 Å². The van der Waals surface area contributed by atoms with E-state index in [-0.39, 0.29) is 11.5 Å². The molecule has 0 aliphatic heterocycles. The van der Waals surface area contributed by atoms with Crippen LogP contribution in [0.15, 0.2) is 84.0 Å². The van der Waals surface area contributed by atoms with E-state index in [2.05, 4.69) is 22.1 Å². The third-order valence-corrected chi connectivity index (χ3v) is 6.33. The van der Waals surface area contributed by atoms with E-state index < -0.39 is 0 Å². The van der Waals surface area contributed by atoms with Gasteiger partial charge in [0.25, 0.3) is 5.56 Å². The monoisotopic (exact) mass is 465 g/mol. The van der Waals surface area contributed by atoms with Gasteiger partial charge in [-0.25, -0.2) is 9.97 Å². The quantitative estimate of drug-likeness (QED) is 0.348. The molecule has 3 heterocycles. The zero-order valence-electron chi connectivity index (χ0n) is 18.6. The van der Waals surface area contributed by atoms with E-state index in [1.54, 1.807) is 30.1 Å². The Kier molecular flexibility index (Phi) is 5.48. The third-order valence-electron chi connectivity index (χ3n) is 6.12. The van der Waals surface area contributed by atoms with Crippen molar-refractivity contribution in [1.29, 1.82) is 5.26 Å². The molecule has 34 heavy (non-hydrogen) atoms. The van der Waals surface area contributed by atoms with Crippen LogP contribution >= 0.6 is 11.6 Å². The number of pyridine rings is 2. The van der Waals surface area contributed by atoms with Gasteiger partial charge in [0.05, 0.1) is 35.1 Å². The summed E-state index contributed by atoms with van der Waals surface area (Å²) in [6.45, 7) is 0. The Balaban J connectivity index is 1.78. The fourth-order valence-electron chi connectivity index (χ4n) is 4.36. The molecule has 3 aromatic heterocycles. The predicted molar refractivity (Wildman–Crippen MR) is 133 cm³/mol. The van der Waals surface area contributed by atoms with Gasteiger partial charge in [0, 0.05) is 43.0 Å². The average Bonchev–Trinajstić information content (AvgIpc) is 3.27. The molecule has 0 aliphatic rings. The lowest BCUT2D eigenvalue weighted by molar-refractivity contribution is 0.793. The molecule has 2 aromatic carbocycles. The van der Waals surface area contributed by atoms with Crippen LogP contribution in [0.3, 0.4) is 0 Å². The molecule has 1 atom stereocenters. The lowest BCUT2D eigenvalue weighted by Gasteiger charge is -2.20. The van der Waals surface area contributed by atoms with E-state index in [4.69, 9.17) is 11.6 Å². The Hall–Kier alpha value is -4.21. The van der Waals surface area contributed by atoms with Gasteiger partial charge in [0.2, 0.25) is 0 Å². The summed E-state index contributed by atoms with van der Waals surface area (Å²) in [5, 5.41) is 10.5. The molecular weight excluding hydrogens is 446 g/mol. The highest BCUT2D eigenvalue weighted by molar-refractivity contribution is 6.29. The average molecular weight is 466 g/mol. The van der Waals surface area contributed by atoms with Crippen LogP contribution in [0.5, 0.6) is 0 Å². The number of nitriles is 1. The van der Waals surface area contributed by atoms with Gasteiger partial charge in [0.15, 0.2) is 0 Å². The number of rotatable bonds is 4. The van der Waals surface area contributed by atoms with Crippen molar-refractivity contribution in [1.82, 2.24) is 19.1 Å². The van der Waals surface area contributed by atoms with E-state index in [1.807, 2.05) is 66.3 Å². The highest BCUT2D eigenvalue weighted by Gasteiger charge is 2.21. The highest BCUT2D eigenvalue weighted by Crippen LogP contribution is 2.35. The second-order valence-corrected chi connectivity index (χ2v) is 8.56. The van der Waals surface area contributed by atoms with Crippen LogP contribution in [0.2, 0.25) is 5.15 Å². The summed E-state index contributed by atoms with van der Waals surface area (Å²) < 4.78 is 3.63. The van der Waals surface area contributed by atoms with Crippen LogP contribution in [-0.2, 0) is 14.1 Å².